The van der Waals surface area contributed by atoms with Gasteiger partial charge in [0.1, 0.15) is 11.1 Å². The van der Waals surface area contributed by atoms with Crippen molar-refractivity contribution in [1.29, 1.82) is 0 Å². The van der Waals surface area contributed by atoms with Gasteiger partial charge >= 0.3 is 0 Å². The van der Waals surface area contributed by atoms with E-state index in [9.17, 15) is 0 Å². The number of nitrogens with two attached hydrogens (primary N) is 1. The summed E-state index contributed by atoms with van der Waals surface area (Å²) in [6, 6.07) is 0. The van der Waals surface area contributed by atoms with E-state index in [1.54, 1.807) is 0 Å². The molecule has 0 spiro atoms. The summed E-state index contributed by atoms with van der Waals surface area (Å²) in [7, 11) is 0. The van der Waals surface area contributed by atoms with Gasteiger partial charge in [-0.1, -0.05) is 38.9 Å². The second-order valence-corrected chi connectivity index (χ2v) is 4.80. The van der Waals surface area contributed by atoms with Crippen LogP contribution in [0.1, 0.15) is 46.0 Å². The lowest BCUT2D eigenvalue weighted by atomic mass is 9.88. The number of hydrogen-bond acceptors (Lipinski definition) is 2. The maximum absolute atomic E-state index is 5.91. The molecule has 2 nitrogen and oxygen atoms in total. The Morgan fingerprint density at radius 3 is 2.79 bits per heavy atom. The summed E-state index contributed by atoms with van der Waals surface area (Å²) >= 11 is 4.97. The number of rotatable bonds is 4. The molecule has 1 fully saturated rings. The minimum atomic E-state index is -0.0136. The van der Waals surface area contributed by atoms with Crippen LogP contribution in [0.3, 0.4) is 0 Å². The van der Waals surface area contributed by atoms with Crippen molar-refractivity contribution >= 4 is 17.2 Å². The van der Waals surface area contributed by atoms with Crippen LogP contribution in [0, 0.1) is 5.92 Å². The smallest absolute Gasteiger partial charge is 0.107 e. The van der Waals surface area contributed by atoms with Crippen molar-refractivity contribution in [1.82, 2.24) is 0 Å². The summed E-state index contributed by atoms with van der Waals surface area (Å²) in [6.07, 6.45) is 6.21. The summed E-state index contributed by atoms with van der Waals surface area (Å²) in [4.78, 5) is 0.505. The average Bonchev–Trinajstić information content (AvgIpc) is 2.14. The van der Waals surface area contributed by atoms with Crippen molar-refractivity contribution in [3.63, 3.8) is 0 Å². The first-order valence-corrected chi connectivity index (χ1v) is 5.99. The van der Waals surface area contributed by atoms with Gasteiger partial charge in [-0.2, -0.15) is 0 Å². The van der Waals surface area contributed by atoms with Gasteiger partial charge in [0.15, 0.2) is 0 Å². The lowest BCUT2D eigenvalue weighted by molar-refractivity contribution is -0.00963. The molecular formula is C11H21NOS. The van der Waals surface area contributed by atoms with Crippen molar-refractivity contribution in [3.8, 4) is 0 Å². The first kappa shape index (κ1) is 11.9. The molecule has 0 heterocycles. The molecule has 2 N–H and O–H groups in total. The van der Waals surface area contributed by atoms with E-state index < -0.39 is 0 Å². The van der Waals surface area contributed by atoms with Crippen LogP contribution >= 0.6 is 12.2 Å². The predicted octanol–water partition coefficient (Wildman–Crippen LogP) is 2.65. The highest BCUT2D eigenvalue weighted by Crippen LogP contribution is 2.26. The van der Waals surface area contributed by atoms with E-state index in [-0.39, 0.29) is 6.10 Å². The van der Waals surface area contributed by atoms with Gasteiger partial charge in [-0.3, -0.25) is 0 Å². The van der Waals surface area contributed by atoms with Gasteiger partial charge in [-0.05, 0) is 25.2 Å². The molecular weight excluding hydrogens is 194 g/mol. The van der Waals surface area contributed by atoms with Gasteiger partial charge in [-0.25, -0.2) is 0 Å². The van der Waals surface area contributed by atoms with Crippen LogP contribution in [0.4, 0.5) is 0 Å². The molecule has 3 atom stereocenters. The molecule has 3 heteroatoms. The van der Waals surface area contributed by atoms with E-state index in [0.29, 0.717) is 11.1 Å². The van der Waals surface area contributed by atoms with Crippen LogP contribution < -0.4 is 5.73 Å². The molecule has 0 aromatic rings. The highest BCUT2D eigenvalue weighted by Gasteiger charge is 2.22. The van der Waals surface area contributed by atoms with Crippen LogP contribution in [0.5, 0.6) is 0 Å². The number of hydrogen-bond donors (Lipinski definition) is 1. The van der Waals surface area contributed by atoms with Crippen LogP contribution in [0.15, 0.2) is 0 Å². The molecule has 0 saturated heterocycles. The fourth-order valence-electron chi connectivity index (χ4n) is 2.10. The van der Waals surface area contributed by atoms with Crippen molar-refractivity contribution < 1.29 is 4.74 Å². The largest absolute Gasteiger partial charge is 0.391 e. The third-order valence-electron chi connectivity index (χ3n) is 2.93. The Bertz CT molecular complexity index is 196. The second-order valence-electron chi connectivity index (χ2n) is 4.33. The quantitative estimate of drug-likeness (QED) is 0.732. The maximum Gasteiger partial charge on any atom is 0.107 e. The fraction of sp³-hybridized carbons (Fsp3) is 0.909. The minimum absolute atomic E-state index is 0.0136. The van der Waals surface area contributed by atoms with Crippen LogP contribution in [-0.2, 0) is 4.74 Å². The fourth-order valence-corrected chi connectivity index (χ4v) is 2.32. The molecule has 0 bridgehead atoms. The normalized spacial score (nSPS) is 29.9. The minimum Gasteiger partial charge on any atom is -0.391 e. The van der Waals surface area contributed by atoms with Crippen LogP contribution in [-0.4, -0.2) is 17.2 Å². The van der Waals surface area contributed by atoms with Crippen molar-refractivity contribution in [2.24, 2.45) is 11.7 Å². The molecule has 0 aromatic heterocycles. The lowest BCUT2D eigenvalue weighted by Crippen LogP contribution is -2.34. The van der Waals surface area contributed by atoms with E-state index in [1.807, 2.05) is 0 Å². The van der Waals surface area contributed by atoms with Gasteiger partial charge in [0.05, 0.1) is 6.10 Å². The molecule has 1 aliphatic carbocycles. The van der Waals surface area contributed by atoms with Crippen LogP contribution in [0.2, 0.25) is 0 Å². The highest BCUT2D eigenvalue weighted by atomic mass is 32.1. The molecule has 1 rings (SSSR count). The molecule has 14 heavy (non-hydrogen) atoms. The van der Waals surface area contributed by atoms with Gasteiger partial charge in [0.25, 0.3) is 0 Å². The van der Waals surface area contributed by atoms with E-state index in [1.165, 1.54) is 25.7 Å². The molecule has 0 aromatic carbocycles. The Morgan fingerprint density at radius 1 is 1.57 bits per heavy atom. The van der Waals surface area contributed by atoms with Gasteiger partial charge < -0.3 is 10.5 Å². The molecule has 1 saturated carbocycles. The Hall–Kier alpha value is -0.150. The summed E-state index contributed by atoms with van der Waals surface area (Å²) in [5.74, 6) is 0.789. The Kier molecular flexibility index (Phi) is 4.82. The van der Waals surface area contributed by atoms with Gasteiger partial charge in [0, 0.05) is 0 Å². The monoisotopic (exact) mass is 215 g/mol. The SMILES string of the molecule is CCC(OC1CCCC(C)C1)C(N)=S. The van der Waals surface area contributed by atoms with E-state index in [0.717, 1.165) is 12.3 Å². The summed E-state index contributed by atoms with van der Waals surface area (Å²) in [6.45, 7) is 4.35. The number of thiocarbonyl (C=S) groups is 1. The molecule has 3 unspecified atom stereocenters. The summed E-state index contributed by atoms with van der Waals surface area (Å²) in [5.41, 5.74) is 5.61. The zero-order chi connectivity index (χ0) is 10.6. The van der Waals surface area contributed by atoms with E-state index >= 15 is 0 Å². The Labute approximate surface area is 92.2 Å². The van der Waals surface area contributed by atoms with Crippen molar-refractivity contribution in [2.75, 3.05) is 0 Å². The van der Waals surface area contributed by atoms with E-state index in [2.05, 4.69) is 13.8 Å². The van der Waals surface area contributed by atoms with Gasteiger partial charge in [0.2, 0.25) is 0 Å². The highest BCUT2D eigenvalue weighted by molar-refractivity contribution is 7.80. The third kappa shape index (κ3) is 3.54. The zero-order valence-electron chi connectivity index (χ0n) is 9.16. The first-order chi connectivity index (χ1) is 6.63. The Balaban J connectivity index is 2.37. The standard InChI is InChI=1S/C11H21NOS/c1-3-10(11(12)14)13-9-6-4-5-8(2)7-9/h8-10H,3-7H2,1-2H3,(H2,12,14). The second kappa shape index (κ2) is 5.66. The molecule has 82 valence electrons. The summed E-state index contributed by atoms with van der Waals surface area (Å²) < 4.78 is 5.91. The van der Waals surface area contributed by atoms with Crippen LogP contribution in [0.25, 0.3) is 0 Å². The third-order valence-corrected chi connectivity index (χ3v) is 3.20. The molecule has 0 radical (unpaired) electrons. The van der Waals surface area contributed by atoms with E-state index in [4.69, 9.17) is 22.7 Å². The maximum atomic E-state index is 5.91. The summed E-state index contributed by atoms with van der Waals surface area (Å²) in [5, 5.41) is 0. The van der Waals surface area contributed by atoms with Gasteiger partial charge in [-0.15, -0.1) is 0 Å². The molecule has 0 amide bonds. The average molecular weight is 215 g/mol. The molecule has 1 aliphatic rings. The Morgan fingerprint density at radius 2 is 2.29 bits per heavy atom. The topological polar surface area (TPSA) is 35.2 Å². The molecule has 0 aliphatic heterocycles. The predicted molar refractivity (Wildman–Crippen MR) is 63.4 cm³/mol. The zero-order valence-corrected chi connectivity index (χ0v) is 9.98. The first-order valence-electron chi connectivity index (χ1n) is 5.58. The van der Waals surface area contributed by atoms with Crippen molar-refractivity contribution in [2.45, 2.75) is 58.2 Å². The number of ether oxygens (including phenoxy) is 1. The lowest BCUT2D eigenvalue weighted by Gasteiger charge is -2.29. The van der Waals surface area contributed by atoms with Crippen molar-refractivity contribution in [3.05, 3.63) is 0 Å².